The van der Waals surface area contributed by atoms with Gasteiger partial charge in [0.05, 0.1) is 0 Å². The largest absolute Gasteiger partial charge is 0.317 e. The van der Waals surface area contributed by atoms with Gasteiger partial charge in [0.2, 0.25) is 0 Å². The number of halogens is 1. The first-order valence-electron chi connectivity index (χ1n) is 7.63. The smallest absolute Gasteiger partial charge is 0.0234 e. The van der Waals surface area contributed by atoms with Gasteiger partial charge in [-0.2, -0.15) is 0 Å². The zero-order chi connectivity index (χ0) is 12.9. The fraction of sp³-hybridized carbons (Fsp3) is 0.625. The molecule has 112 valence electrons. The lowest BCUT2D eigenvalue weighted by molar-refractivity contribution is 0.0784. The molecule has 0 radical (unpaired) electrons. The van der Waals surface area contributed by atoms with E-state index in [4.69, 9.17) is 0 Å². The fourth-order valence-electron chi connectivity index (χ4n) is 3.30. The molecule has 0 spiro atoms. The fourth-order valence-corrected chi connectivity index (χ4v) is 3.30. The molecule has 2 saturated heterocycles. The highest BCUT2D eigenvalue weighted by atomic mass is 35.5. The zero-order valence-corrected chi connectivity index (χ0v) is 12.9. The maximum absolute atomic E-state index is 3.46. The van der Waals surface area contributed by atoms with Crippen molar-refractivity contribution in [1.29, 1.82) is 0 Å². The molecular formula is C16H26ClN3. The summed E-state index contributed by atoms with van der Waals surface area (Å²) in [5.41, 5.74) is 1.44. The summed E-state index contributed by atoms with van der Waals surface area (Å²) in [6.07, 6.45) is 2.66. The normalized spacial score (nSPS) is 22.4. The van der Waals surface area contributed by atoms with Crippen molar-refractivity contribution in [2.24, 2.45) is 0 Å². The van der Waals surface area contributed by atoms with E-state index in [2.05, 4.69) is 45.4 Å². The quantitative estimate of drug-likeness (QED) is 0.920. The molecule has 0 amide bonds. The molecule has 0 unspecified atom stereocenters. The van der Waals surface area contributed by atoms with Crippen molar-refractivity contribution in [3.63, 3.8) is 0 Å². The van der Waals surface area contributed by atoms with Gasteiger partial charge in [-0.25, -0.2) is 0 Å². The number of benzene rings is 1. The summed E-state index contributed by atoms with van der Waals surface area (Å²) in [5, 5.41) is 3.46. The van der Waals surface area contributed by atoms with E-state index in [9.17, 15) is 0 Å². The van der Waals surface area contributed by atoms with Crippen LogP contribution in [0.3, 0.4) is 0 Å². The molecule has 0 saturated carbocycles. The Hall–Kier alpha value is -0.610. The van der Waals surface area contributed by atoms with Crippen LogP contribution in [0.2, 0.25) is 0 Å². The maximum atomic E-state index is 3.46. The highest BCUT2D eigenvalue weighted by Gasteiger charge is 2.24. The van der Waals surface area contributed by atoms with E-state index in [1.165, 1.54) is 57.7 Å². The Kier molecular flexibility index (Phi) is 6.30. The van der Waals surface area contributed by atoms with Crippen molar-refractivity contribution in [3.8, 4) is 0 Å². The number of piperidine rings is 1. The summed E-state index contributed by atoms with van der Waals surface area (Å²) in [6.45, 7) is 8.46. The third kappa shape index (κ3) is 4.19. The summed E-state index contributed by atoms with van der Waals surface area (Å²) in [5.74, 6) is 0. The van der Waals surface area contributed by atoms with E-state index in [1.807, 2.05) is 0 Å². The lowest BCUT2D eigenvalue weighted by Gasteiger charge is -2.40. The molecule has 2 heterocycles. The summed E-state index contributed by atoms with van der Waals surface area (Å²) in [4.78, 5) is 5.30. The second-order valence-electron chi connectivity index (χ2n) is 5.78. The first kappa shape index (κ1) is 15.8. The highest BCUT2D eigenvalue weighted by molar-refractivity contribution is 5.85. The molecule has 1 N–H and O–H groups in total. The molecule has 0 bridgehead atoms. The van der Waals surface area contributed by atoms with Crippen LogP contribution in [0.1, 0.15) is 18.4 Å². The molecule has 4 heteroatoms. The van der Waals surface area contributed by atoms with E-state index in [0.717, 1.165) is 12.6 Å². The first-order valence-corrected chi connectivity index (χ1v) is 7.63. The molecule has 0 aromatic heterocycles. The van der Waals surface area contributed by atoms with Crippen LogP contribution in [-0.4, -0.2) is 55.1 Å². The third-order valence-corrected chi connectivity index (χ3v) is 4.48. The van der Waals surface area contributed by atoms with Crippen LogP contribution in [0, 0.1) is 0 Å². The van der Waals surface area contributed by atoms with Gasteiger partial charge in [0, 0.05) is 38.8 Å². The molecule has 2 aliphatic rings. The minimum atomic E-state index is 0. The third-order valence-electron chi connectivity index (χ3n) is 4.48. The molecular weight excluding hydrogens is 270 g/mol. The number of rotatable bonds is 3. The molecule has 1 aromatic rings. The Morgan fingerprint density at radius 2 is 1.60 bits per heavy atom. The zero-order valence-electron chi connectivity index (χ0n) is 12.1. The van der Waals surface area contributed by atoms with Crippen LogP contribution in [-0.2, 0) is 6.54 Å². The lowest BCUT2D eigenvalue weighted by Crippen LogP contribution is -2.52. The maximum Gasteiger partial charge on any atom is 0.0234 e. The van der Waals surface area contributed by atoms with E-state index in [-0.39, 0.29) is 12.4 Å². The topological polar surface area (TPSA) is 18.5 Å². The average molecular weight is 296 g/mol. The minimum absolute atomic E-state index is 0. The van der Waals surface area contributed by atoms with Crippen molar-refractivity contribution >= 4 is 12.4 Å². The molecule has 3 rings (SSSR count). The van der Waals surface area contributed by atoms with Gasteiger partial charge in [0.15, 0.2) is 0 Å². The number of nitrogens with one attached hydrogen (secondary N) is 1. The van der Waals surface area contributed by atoms with Gasteiger partial charge in [-0.05, 0) is 31.5 Å². The van der Waals surface area contributed by atoms with Gasteiger partial charge >= 0.3 is 0 Å². The van der Waals surface area contributed by atoms with Crippen molar-refractivity contribution < 1.29 is 0 Å². The van der Waals surface area contributed by atoms with Crippen LogP contribution in [0.15, 0.2) is 30.3 Å². The van der Waals surface area contributed by atoms with Crippen molar-refractivity contribution in [2.75, 3.05) is 39.3 Å². The monoisotopic (exact) mass is 295 g/mol. The van der Waals surface area contributed by atoms with Gasteiger partial charge in [0.1, 0.15) is 0 Å². The number of nitrogens with zero attached hydrogens (tertiary/aromatic N) is 2. The Bertz CT molecular complexity index is 371. The molecule has 2 aliphatic heterocycles. The van der Waals surface area contributed by atoms with Crippen LogP contribution in [0.5, 0.6) is 0 Å². The van der Waals surface area contributed by atoms with Gasteiger partial charge < -0.3 is 5.32 Å². The Balaban J connectivity index is 0.00000147. The van der Waals surface area contributed by atoms with E-state index in [0.29, 0.717) is 0 Å². The van der Waals surface area contributed by atoms with Crippen LogP contribution in [0.25, 0.3) is 0 Å². The van der Waals surface area contributed by atoms with Crippen molar-refractivity contribution in [3.05, 3.63) is 35.9 Å². The minimum Gasteiger partial charge on any atom is -0.317 e. The molecule has 1 aromatic carbocycles. The summed E-state index contributed by atoms with van der Waals surface area (Å²) in [7, 11) is 0. The molecule has 2 fully saturated rings. The van der Waals surface area contributed by atoms with Crippen LogP contribution >= 0.6 is 12.4 Å². The first-order chi connectivity index (χ1) is 9.42. The number of hydrogen-bond acceptors (Lipinski definition) is 3. The van der Waals surface area contributed by atoms with Crippen LogP contribution < -0.4 is 5.32 Å². The predicted molar refractivity (Wildman–Crippen MR) is 86.4 cm³/mol. The Morgan fingerprint density at radius 1 is 0.950 bits per heavy atom. The summed E-state index contributed by atoms with van der Waals surface area (Å²) < 4.78 is 0. The Labute approximate surface area is 128 Å². The average Bonchev–Trinajstić information content (AvgIpc) is 2.50. The van der Waals surface area contributed by atoms with Gasteiger partial charge in [0.25, 0.3) is 0 Å². The van der Waals surface area contributed by atoms with Crippen molar-refractivity contribution in [2.45, 2.75) is 25.4 Å². The predicted octanol–water partition coefficient (Wildman–Crippen LogP) is 1.98. The molecule has 3 nitrogen and oxygen atoms in total. The van der Waals surface area contributed by atoms with Gasteiger partial charge in [-0.3, -0.25) is 9.80 Å². The second kappa shape index (κ2) is 7.99. The second-order valence-corrected chi connectivity index (χ2v) is 5.78. The summed E-state index contributed by atoms with van der Waals surface area (Å²) >= 11 is 0. The molecule has 20 heavy (non-hydrogen) atoms. The summed E-state index contributed by atoms with van der Waals surface area (Å²) in [6, 6.07) is 11.7. The van der Waals surface area contributed by atoms with E-state index in [1.54, 1.807) is 0 Å². The number of hydrogen-bond donors (Lipinski definition) is 1. The lowest BCUT2D eigenvalue weighted by atomic mass is 10.0. The highest BCUT2D eigenvalue weighted by Crippen LogP contribution is 2.15. The van der Waals surface area contributed by atoms with Gasteiger partial charge in [-0.1, -0.05) is 30.3 Å². The van der Waals surface area contributed by atoms with E-state index < -0.39 is 0 Å². The van der Waals surface area contributed by atoms with Crippen LogP contribution in [0.4, 0.5) is 0 Å². The molecule has 0 aliphatic carbocycles. The Morgan fingerprint density at radius 3 is 2.25 bits per heavy atom. The number of piperazine rings is 1. The SMILES string of the molecule is Cl.c1ccc(CN2CCN(C3CCNCC3)CC2)cc1. The van der Waals surface area contributed by atoms with E-state index >= 15 is 0 Å². The standard InChI is InChI=1S/C16H25N3.ClH/c1-2-4-15(5-3-1)14-18-10-12-19(13-11-18)16-6-8-17-9-7-16;/h1-5,16-17H,6-14H2;1H. The van der Waals surface area contributed by atoms with Crippen molar-refractivity contribution in [1.82, 2.24) is 15.1 Å². The molecule has 0 atom stereocenters. The van der Waals surface area contributed by atoms with Gasteiger partial charge in [-0.15, -0.1) is 12.4 Å².